The quantitative estimate of drug-likeness (QED) is 0.731. The molecule has 0 spiro atoms. The molecule has 0 saturated carbocycles. The molecule has 0 aromatic carbocycles. The van der Waals surface area contributed by atoms with Crippen LogP contribution in [0.15, 0.2) is 16.5 Å². The van der Waals surface area contributed by atoms with E-state index in [1.807, 2.05) is 0 Å². The minimum absolute atomic E-state index is 0.190. The molecule has 1 fully saturated rings. The Bertz CT molecular complexity index is 340. The van der Waals surface area contributed by atoms with E-state index in [9.17, 15) is 9.90 Å². The Morgan fingerprint density at radius 3 is 2.86 bits per heavy atom. The molecule has 1 aromatic rings. The average molecular weight is 196 g/mol. The lowest BCUT2D eigenvalue weighted by molar-refractivity contribution is -0.142. The van der Waals surface area contributed by atoms with Crippen LogP contribution < -0.4 is 0 Å². The summed E-state index contributed by atoms with van der Waals surface area (Å²) < 4.78 is 10.4. The second kappa shape index (κ2) is 3.46. The third-order valence-corrected chi connectivity index (χ3v) is 2.26. The van der Waals surface area contributed by atoms with Crippen LogP contribution in [0.1, 0.15) is 43.5 Å². The summed E-state index contributed by atoms with van der Waals surface area (Å²) in [5.74, 6) is 0.930. The first-order valence-corrected chi connectivity index (χ1v) is 4.64. The SMILES string of the molecule is C[C@@H](O)c1ccc([C@H]2CCC(=O)O2)o1. The second-order valence-electron chi connectivity index (χ2n) is 3.43. The van der Waals surface area contributed by atoms with Gasteiger partial charge in [0.2, 0.25) is 0 Å². The minimum atomic E-state index is -0.624. The summed E-state index contributed by atoms with van der Waals surface area (Å²) >= 11 is 0. The van der Waals surface area contributed by atoms with Crippen molar-refractivity contribution in [3.05, 3.63) is 23.7 Å². The van der Waals surface area contributed by atoms with Crippen LogP contribution in [0.3, 0.4) is 0 Å². The maximum atomic E-state index is 10.9. The van der Waals surface area contributed by atoms with E-state index in [0.717, 1.165) is 0 Å². The number of ether oxygens (including phenoxy) is 1. The molecule has 2 heterocycles. The zero-order valence-corrected chi connectivity index (χ0v) is 7.90. The lowest BCUT2D eigenvalue weighted by Gasteiger charge is -2.05. The average Bonchev–Trinajstić information content (AvgIpc) is 2.70. The van der Waals surface area contributed by atoms with E-state index in [4.69, 9.17) is 9.15 Å². The molecule has 1 aromatic heterocycles. The van der Waals surface area contributed by atoms with Crippen molar-refractivity contribution in [2.45, 2.75) is 32.0 Å². The minimum Gasteiger partial charge on any atom is -0.459 e. The molecule has 0 amide bonds. The van der Waals surface area contributed by atoms with Crippen molar-refractivity contribution in [1.29, 1.82) is 0 Å². The fourth-order valence-corrected chi connectivity index (χ4v) is 1.49. The highest BCUT2D eigenvalue weighted by Crippen LogP contribution is 2.31. The van der Waals surface area contributed by atoms with Crippen molar-refractivity contribution < 1.29 is 19.1 Å². The predicted octanol–water partition coefficient (Wildman–Crippen LogP) is 1.71. The van der Waals surface area contributed by atoms with Crippen molar-refractivity contribution in [1.82, 2.24) is 0 Å². The first-order valence-electron chi connectivity index (χ1n) is 4.64. The van der Waals surface area contributed by atoms with E-state index < -0.39 is 6.10 Å². The van der Waals surface area contributed by atoms with Crippen LogP contribution >= 0.6 is 0 Å². The first-order chi connectivity index (χ1) is 6.66. The molecule has 0 aliphatic carbocycles. The third-order valence-electron chi connectivity index (χ3n) is 2.26. The number of carbonyl (C=O) groups is 1. The number of hydrogen-bond donors (Lipinski definition) is 1. The number of esters is 1. The van der Waals surface area contributed by atoms with Gasteiger partial charge in [0.25, 0.3) is 0 Å². The Morgan fingerprint density at radius 2 is 2.36 bits per heavy atom. The van der Waals surface area contributed by atoms with Crippen molar-refractivity contribution in [3.8, 4) is 0 Å². The van der Waals surface area contributed by atoms with Crippen LogP contribution in [-0.4, -0.2) is 11.1 Å². The summed E-state index contributed by atoms with van der Waals surface area (Å²) in [7, 11) is 0. The lowest BCUT2D eigenvalue weighted by Crippen LogP contribution is -1.96. The molecular weight excluding hydrogens is 184 g/mol. The Hall–Kier alpha value is -1.29. The first kappa shape index (κ1) is 9.27. The van der Waals surface area contributed by atoms with Crippen molar-refractivity contribution >= 4 is 5.97 Å². The van der Waals surface area contributed by atoms with E-state index in [1.165, 1.54) is 0 Å². The largest absolute Gasteiger partial charge is 0.459 e. The molecule has 76 valence electrons. The second-order valence-corrected chi connectivity index (χ2v) is 3.43. The summed E-state index contributed by atoms with van der Waals surface area (Å²) in [4.78, 5) is 10.9. The van der Waals surface area contributed by atoms with Crippen LogP contribution in [0.5, 0.6) is 0 Å². The molecule has 14 heavy (non-hydrogen) atoms. The van der Waals surface area contributed by atoms with E-state index in [1.54, 1.807) is 19.1 Å². The summed E-state index contributed by atoms with van der Waals surface area (Å²) in [6.07, 6.45) is 0.205. The number of hydrogen-bond acceptors (Lipinski definition) is 4. The lowest BCUT2D eigenvalue weighted by atomic mass is 10.2. The van der Waals surface area contributed by atoms with Gasteiger partial charge >= 0.3 is 5.97 Å². The van der Waals surface area contributed by atoms with Crippen LogP contribution in [0.4, 0.5) is 0 Å². The number of aliphatic hydroxyl groups is 1. The van der Waals surface area contributed by atoms with Gasteiger partial charge in [-0.15, -0.1) is 0 Å². The highest BCUT2D eigenvalue weighted by Gasteiger charge is 2.27. The molecule has 1 saturated heterocycles. The van der Waals surface area contributed by atoms with Gasteiger partial charge in [-0.05, 0) is 19.1 Å². The molecule has 2 rings (SSSR count). The molecular formula is C10H12O4. The fourth-order valence-electron chi connectivity index (χ4n) is 1.49. The highest BCUT2D eigenvalue weighted by molar-refractivity contribution is 5.71. The number of rotatable bonds is 2. The molecule has 0 radical (unpaired) electrons. The van der Waals surface area contributed by atoms with Gasteiger partial charge in [0, 0.05) is 12.8 Å². The van der Waals surface area contributed by atoms with Gasteiger partial charge < -0.3 is 14.3 Å². The summed E-state index contributed by atoms with van der Waals surface area (Å²) in [5.41, 5.74) is 0. The maximum Gasteiger partial charge on any atom is 0.306 e. The van der Waals surface area contributed by atoms with Crippen LogP contribution in [0.2, 0.25) is 0 Å². The van der Waals surface area contributed by atoms with E-state index in [0.29, 0.717) is 24.4 Å². The Kier molecular flexibility index (Phi) is 2.29. The van der Waals surface area contributed by atoms with Crippen LogP contribution in [0, 0.1) is 0 Å². The van der Waals surface area contributed by atoms with Gasteiger partial charge in [0.15, 0.2) is 6.10 Å². The zero-order chi connectivity index (χ0) is 10.1. The van der Waals surface area contributed by atoms with Crippen molar-refractivity contribution in [2.75, 3.05) is 0 Å². The maximum absolute atomic E-state index is 10.9. The molecule has 1 N–H and O–H groups in total. The smallest absolute Gasteiger partial charge is 0.306 e. The van der Waals surface area contributed by atoms with Crippen molar-refractivity contribution in [2.24, 2.45) is 0 Å². The van der Waals surface area contributed by atoms with Gasteiger partial charge in [0.05, 0.1) is 0 Å². The molecule has 4 nitrogen and oxygen atoms in total. The Balaban J connectivity index is 2.13. The molecule has 2 atom stereocenters. The fraction of sp³-hybridized carbons (Fsp3) is 0.500. The van der Waals surface area contributed by atoms with Gasteiger partial charge in [-0.1, -0.05) is 0 Å². The topological polar surface area (TPSA) is 59.7 Å². The zero-order valence-electron chi connectivity index (χ0n) is 7.90. The summed E-state index contributed by atoms with van der Waals surface area (Å²) in [6.45, 7) is 1.63. The number of aliphatic hydroxyl groups excluding tert-OH is 1. The number of furan rings is 1. The molecule has 0 bridgehead atoms. The van der Waals surface area contributed by atoms with E-state index in [-0.39, 0.29) is 12.1 Å². The van der Waals surface area contributed by atoms with Crippen LogP contribution in [-0.2, 0) is 9.53 Å². The Morgan fingerprint density at radius 1 is 1.57 bits per heavy atom. The van der Waals surface area contributed by atoms with Gasteiger partial charge in [0.1, 0.15) is 17.6 Å². The van der Waals surface area contributed by atoms with Crippen molar-refractivity contribution in [3.63, 3.8) is 0 Å². The molecule has 1 aliphatic rings. The highest BCUT2D eigenvalue weighted by atomic mass is 16.6. The monoisotopic (exact) mass is 196 g/mol. The van der Waals surface area contributed by atoms with Gasteiger partial charge in [-0.2, -0.15) is 0 Å². The van der Waals surface area contributed by atoms with Gasteiger partial charge in [-0.25, -0.2) is 0 Å². The molecule has 1 aliphatic heterocycles. The summed E-state index contributed by atoms with van der Waals surface area (Å²) in [6, 6.07) is 3.44. The van der Waals surface area contributed by atoms with E-state index in [2.05, 4.69) is 0 Å². The number of cyclic esters (lactones) is 1. The standard InChI is InChI=1S/C10H12O4/c1-6(11)7-2-3-8(13-7)9-4-5-10(12)14-9/h2-3,6,9,11H,4-5H2,1H3/t6-,9-/m1/s1. The predicted molar refractivity (Wildman–Crippen MR) is 47.4 cm³/mol. The molecule has 0 unspecified atom stereocenters. The normalized spacial score (nSPS) is 23.6. The third kappa shape index (κ3) is 1.65. The van der Waals surface area contributed by atoms with Gasteiger partial charge in [-0.3, -0.25) is 4.79 Å². The van der Waals surface area contributed by atoms with Crippen LogP contribution in [0.25, 0.3) is 0 Å². The van der Waals surface area contributed by atoms with E-state index >= 15 is 0 Å². The Labute approximate surface area is 81.5 Å². The number of carbonyl (C=O) groups excluding carboxylic acids is 1. The molecule has 4 heteroatoms. The summed E-state index contributed by atoms with van der Waals surface area (Å²) in [5, 5.41) is 9.23.